The van der Waals surface area contributed by atoms with Crippen molar-refractivity contribution in [3.8, 4) is 0 Å². The highest BCUT2D eigenvalue weighted by Gasteiger charge is 2.15. The maximum absolute atomic E-state index is 11.0. The van der Waals surface area contributed by atoms with E-state index in [0.717, 1.165) is 12.0 Å². The van der Waals surface area contributed by atoms with E-state index >= 15 is 0 Å². The molecule has 0 aliphatic heterocycles. The lowest BCUT2D eigenvalue weighted by Crippen LogP contribution is -2.03. The Hall–Kier alpha value is -1.62. The van der Waals surface area contributed by atoms with E-state index in [2.05, 4.69) is 12.2 Å². The fourth-order valence-electron chi connectivity index (χ4n) is 2.31. The van der Waals surface area contributed by atoms with Gasteiger partial charge in [-0.25, -0.2) is 0 Å². The van der Waals surface area contributed by atoms with Gasteiger partial charge in [0, 0.05) is 25.3 Å². The first-order valence-electron chi connectivity index (χ1n) is 7.72. The molecule has 21 heavy (non-hydrogen) atoms. The molecule has 1 N–H and O–H groups in total. The van der Waals surface area contributed by atoms with E-state index in [1.54, 1.807) is 13.1 Å². The maximum atomic E-state index is 11.0. The monoisotopic (exact) mass is 294 g/mol. The second-order valence-electron chi connectivity index (χ2n) is 5.14. The van der Waals surface area contributed by atoms with Gasteiger partial charge < -0.3 is 10.1 Å². The molecule has 0 spiro atoms. The molecule has 0 saturated heterocycles. The lowest BCUT2D eigenvalue weighted by atomic mass is 10.1. The molecule has 0 atom stereocenters. The van der Waals surface area contributed by atoms with E-state index in [1.165, 1.54) is 38.2 Å². The van der Waals surface area contributed by atoms with Crippen LogP contribution in [0.15, 0.2) is 18.2 Å². The van der Waals surface area contributed by atoms with Gasteiger partial charge in [-0.15, -0.1) is 0 Å². The quantitative estimate of drug-likeness (QED) is 0.370. The predicted molar refractivity (Wildman–Crippen MR) is 85.7 cm³/mol. The summed E-state index contributed by atoms with van der Waals surface area (Å²) in [5.74, 6) is 0. The molecule has 1 rings (SSSR count). The number of rotatable bonds is 11. The van der Waals surface area contributed by atoms with Crippen molar-refractivity contribution in [2.45, 2.75) is 52.1 Å². The number of unbranched alkanes of at least 4 members (excludes halogenated alkanes) is 5. The normalized spacial score (nSPS) is 10.6. The van der Waals surface area contributed by atoms with Crippen molar-refractivity contribution in [2.24, 2.45) is 0 Å². The van der Waals surface area contributed by atoms with Crippen LogP contribution in [0.3, 0.4) is 0 Å². The van der Waals surface area contributed by atoms with E-state index in [9.17, 15) is 10.1 Å². The molecule has 0 unspecified atom stereocenters. The molecule has 0 radical (unpaired) electrons. The van der Waals surface area contributed by atoms with Gasteiger partial charge in [0.2, 0.25) is 0 Å². The average molecular weight is 294 g/mol. The van der Waals surface area contributed by atoms with Gasteiger partial charge in [0.25, 0.3) is 5.69 Å². The maximum Gasteiger partial charge on any atom is 0.292 e. The van der Waals surface area contributed by atoms with Crippen LogP contribution in [0.4, 0.5) is 11.4 Å². The van der Waals surface area contributed by atoms with Crippen LogP contribution in [0, 0.1) is 10.1 Å². The van der Waals surface area contributed by atoms with E-state index in [1.807, 2.05) is 6.07 Å². The highest BCUT2D eigenvalue weighted by molar-refractivity contribution is 5.65. The Bertz CT molecular complexity index is 436. The summed E-state index contributed by atoms with van der Waals surface area (Å²) >= 11 is 0. The van der Waals surface area contributed by atoms with Crippen LogP contribution in [-0.2, 0) is 11.3 Å². The molecule has 0 bridgehead atoms. The first-order valence-corrected chi connectivity index (χ1v) is 7.72. The molecule has 0 heterocycles. The SMILES string of the molecule is CCCCCCCCOCc1cccc([N+](=O)[O-])c1NC. The molecular weight excluding hydrogens is 268 g/mol. The lowest BCUT2D eigenvalue weighted by Gasteiger charge is -2.10. The summed E-state index contributed by atoms with van der Waals surface area (Å²) in [5, 5.41) is 13.9. The van der Waals surface area contributed by atoms with Crippen LogP contribution in [0.1, 0.15) is 51.0 Å². The molecule has 1 aromatic rings. The fraction of sp³-hybridized carbons (Fsp3) is 0.625. The lowest BCUT2D eigenvalue weighted by molar-refractivity contribution is -0.384. The number of para-hydroxylation sites is 1. The highest BCUT2D eigenvalue weighted by atomic mass is 16.6. The van der Waals surface area contributed by atoms with Crippen LogP contribution in [0.25, 0.3) is 0 Å². The van der Waals surface area contributed by atoms with Gasteiger partial charge in [-0.05, 0) is 6.42 Å². The molecular formula is C16H26N2O3. The van der Waals surface area contributed by atoms with Crippen LogP contribution >= 0.6 is 0 Å². The highest BCUT2D eigenvalue weighted by Crippen LogP contribution is 2.28. The summed E-state index contributed by atoms with van der Waals surface area (Å²) in [6.45, 7) is 3.33. The second-order valence-corrected chi connectivity index (χ2v) is 5.14. The first-order chi connectivity index (χ1) is 10.2. The zero-order valence-electron chi connectivity index (χ0n) is 13.1. The van der Waals surface area contributed by atoms with E-state index < -0.39 is 0 Å². The van der Waals surface area contributed by atoms with Crippen LogP contribution < -0.4 is 5.32 Å². The number of nitro benzene ring substituents is 1. The summed E-state index contributed by atoms with van der Waals surface area (Å²) in [6, 6.07) is 5.06. The van der Waals surface area contributed by atoms with Gasteiger partial charge in [0.15, 0.2) is 0 Å². The Kier molecular flexibility index (Phi) is 8.43. The molecule has 0 saturated carbocycles. The van der Waals surface area contributed by atoms with Crippen molar-refractivity contribution in [2.75, 3.05) is 19.0 Å². The molecule has 0 amide bonds. The Balaban J connectivity index is 2.35. The van der Waals surface area contributed by atoms with Crippen LogP contribution in [0.5, 0.6) is 0 Å². The Morgan fingerprint density at radius 2 is 1.90 bits per heavy atom. The number of ether oxygens (including phenoxy) is 1. The van der Waals surface area contributed by atoms with Crippen LogP contribution in [0.2, 0.25) is 0 Å². The summed E-state index contributed by atoms with van der Waals surface area (Å²) in [4.78, 5) is 10.6. The topological polar surface area (TPSA) is 64.4 Å². The minimum atomic E-state index is -0.372. The Morgan fingerprint density at radius 1 is 1.19 bits per heavy atom. The zero-order chi connectivity index (χ0) is 15.5. The minimum absolute atomic E-state index is 0.0955. The van der Waals surface area contributed by atoms with Crippen molar-refractivity contribution in [3.05, 3.63) is 33.9 Å². The number of nitro groups is 1. The van der Waals surface area contributed by atoms with E-state index in [4.69, 9.17) is 4.74 Å². The van der Waals surface area contributed by atoms with Gasteiger partial charge in [-0.3, -0.25) is 10.1 Å². The standard InChI is InChI=1S/C16H26N2O3/c1-3-4-5-6-7-8-12-21-13-14-10-9-11-15(18(19)20)16(14)17-2/h9-11,17H,3-8,12-13H2,1-2H3. The largest absolute Gasteiger partial charge is 0.382 e. The number of hydrogen-bond donors (Lipinski definition) is 1. The molecule has 0 fully saturated rings. The Labute approximate surface area is 126 Å². The summed E-state index contributed by atoms with van der Waals surface area (Å²) in [5.41, 5.74) is 1.47. The number of nitrogens with one attached hydrogen (secondary N) is 1. The molecule has 0 aromatic heterocycles. The van der Waals surface area contributed by atoms with Crippen LogP contribution in [-0.4, -0.2) is 18.6 Å². The average Bonchev–Trinajstić information content (AvgIpc) is 2.49. The molecule has 5 nitrogen and oxygen atoms in total. The van der Waals surface area contributed by atoms with Crippen molar-refractivity contribution in [3.63, 3.8) is 0 Å². The summed E-state index contributed by atoms with van der Waals surface area (Å²) in [7, 11) is 1.69. The van der Waals surface area contributed by atoms with Gasteiger partial charge in [0.1, 0.15) is 5.69 Å². The van der Waals surface area contributed by atoms with Gasteiger partial charge in [-0.1, -0.05) is 51.2 Å². The van der Waals surface area contributed by atoms with E-state index in [-0.39, 0.29) is 10.6 Å². The summed E-state index contributed by atoms with van der Waals surface area (Å²) < 4.78 is 5.64. The number of hydrogen-bond acceptors (Lipinski definition) is 4. The van der Waals surface area contributed by atoms with Gasteiger partial charge >= 0.3 is 0 Å². The van der Waals surface area contributed by atoms with Crippen molar-refractivity contribution in [1.29, 1.82) is 0 Å². The van der Waals surface area contributed by atoms with Crippen molar-refractivity contribution in [1.82, 2.24) is 0 Å². The Morgan fingerprint density at radius 3 is 2.57 bits per heavy atom. The first kappa shape index (κ1) is 17.4. The molecule has 0 aliphatic rings. The number of nitrogens with zero attached hydrogens (tertiary/aromatic N) is 1. The molecule has 0 aliphatic carbocycles. The third-order valence-corrected chi connectivity index (χ3v) is 3.48. The zero-order valence-corrected chi connectivity index (χ0v) is 13.1. The number of benzene rings is 1. The van der Waals surface area contributed by atoms with Gasteiger partial charge in [0.05, 0.1) is 11.5 Å². The van der Waals surface area contributed by atoms with Gasteiger partial charge in [-0.2, -0.15) is 0 Å². The molecule has 1 aromatic carbocycles. The third-order valence-electron chi connectivity index (χ3n) is 3.48. The third kappa shape index (κ3) is 6.12. The second kappa shape index (κ2) is 10.2. The summed E-state index contributed by atoms with van der Waals surface area (Å²) in [6.07, 6.45) is 7.36. The molecule has 5 heteroatoms. The smallest absolute Gasteiger partial charge is 0.292 e. The van der Waals surface area contributed by atoms with E-state index in [0.29, 0.717) is 18.9 Å². The fourth-order valence-corrected chi connectivity index (χ4v) is 2.31. The predicted octanol–water partition coefficient (Wildman–Crippen LogP) is 4.51. The van der Waals surface area contributed by atoms with Crippen molar-refractivity contribution >= 4 is 11.4 Å². The number of anilines is 1. The minimum Gasteiger partial charge on any atom is -0.382 e. The molecule has 118 valence electrons. The van der Waals surface area contributed by atoms with Crippen molar-refractivity contribution < 1.29 is 9.66 Å².